The summed E-state index contributed by atoms with van der Waals surface area (Å²) in [5.74, 6) is 0.721. The van der Waals surface area contributed by atoms with Gasteiger partial charge in [0.1, 0.15) is 11.5 Å². The largest absolute Gasteiger partial charge is 0.466 e. The van der Waals surface area contributed by atoms with E-state index in [0.717, 1.165) is 11.3 Å². The quantitative estimate of drug-likeness (QED) is 0.865. The van der Waals surface area contributed by atoms with E-state index in [9.17, 15) is 9.59 Å². The summed E-state index contributed by atoms with van der Waals surface area (Å²) >= 11 is 0. The lowest BCUT2D eigenvalue weighted by Crippen LogP contribution is -2.14. The van der Waals surface area contributed by atoms with Crippen molar-refractivity contribution in [2.45, 2.75) is 40.7 Å². The molecule has 23 heavy (non-hydrogen) atoms. The fraction of sp³-hybridized carbons (Fsp3) is 0.333. The molecule has 0 aliphatic heterocycles. The van der Waals surface area contributed by atoms with Gasteiger partial charge in [-0.2, -0.15) is 0 Å². The van der Waals surface area contributed by atoms with Crippen LogP contribution < -0.4 is 5.32 Å². The van der Waals surface area contributed by atoms with Crippen LogP contribution in [-0.2, 0) is 4.74 Å². The predicted octanol–water partition coefficient (Wildman–Crippen LogP) is 4.02. The number of carbonyl (C=O) groups is 2. The second-order valence-corrected chi connectivity index (χ2v) is 5.70. The van der Waals surface area contributed by atoms with E-state index in [4.69, 9.17) is 9.15 Å². The molecule has 1 aromatic heterocycles. The Morgan fingerprint density at radius 2 is 1.65 bits per heavy atom. The zero-order valence-corrected chi connectivity index (χ0v) is 14.0. The summed E-state index contributed by atoms with van der Waals surface area (Å²) in [4.78, 5) is 24.2. The maximum absolute atomic E-state index is 12.4. The Kier molecular flexibility index (Phi) is 4.89. The van der Waals surface area contributed by atoms with Gasteiger partial charge in [0, 0.05) is 11.3 Å². The molecule has 0 saturated heterocycles. The molecule has 0 radical (unpaired) electrons. The molecular formula is C18H21NO4. The van der Waals surface area contributed by atoms with Gasteiger partial charge in [0.2, 0.25) is 0 Å². The van der Waals surface area contributed by atoms with Crippen LogP contribution in [0.2, 0.25) is 0 Å². The number of esters is 1. The van der Waals surface area contributed by atoms with Gasteiger partial charge in [-0.25, -0.2) is 4.79 Å². The van der Waals surface area contributed by atoms with Crippen molar-refractivity contribution in [3.8, 4) is 0 Å². The van der Waals surface area contributed by atoms with Crippen molar-refractivity contribution in [2.24, 2.45) is 0 Å². The van der Waals surface area contributed by atoms with E-state index in [1.165, 1.54) is 0 Å². The van der Waals surface area contributed by atoms with Crippen LogP contribution in [0.15, 0.2) is 28.7 Å². The number of anilines is 1. The molecule has 1 aromatic carbocycles. The van der Waals surface area contributed by atoms with Gasteiger partial charge in [0.15, 0.2) is 0 Å². The molecular weight excluding hydrogens is 294 g/mol. The first-order valence-electron chi connectivity index (χ1n) is 7.48. The molecule has 0 aliphatic rings. The zero-order chi connectivity index (χ0) is 17.1. The summed E-state index contributed by atoms with van der Waals surface area (Å²) in [6.45, 7) is 9.04. The molecule has 0 unspecified atom stereocenters. The number of nitrogens with one attached hydrogen (secondary N) is 1. The van der Waals surface area contributed by atoms with Crippen molar-refractivity contribution >= 4 is 17.6 Å². The number of ether oxygens (including phenoxy) is 1. The lowest BCUT2D eigenvalue weighted by molar-refractivity contribution is 0.0378. The van der Waals surface area contributed by atoms with Crippen LogP contribution in [0, 0.1) is 20.8 Å². The van der Waals surface area contributed by atoms with Crippen molar-refractivity contribution in [1.29, 1.82) is 0 Å². The molecule has 5 heteroatoms. The molecule has 1 amide bonds. The Bertz CT molecular complexity index is 726. The number of aryl methyl sites for hydroxylation is 2. The second-order valence-electron chi connectivity index (χ2n) is 5.70. The van der Waals surface area contributed by atoms with Gasteiger partial charge >= 0.3 is 5.97 Å². The van der Waals surface area contributed by atoms with Gasteiger partial charge in [-0.3, -0.25) is 4.79 Å². The van der Waals surface area contributed by atoms with Crippen LogP contribution in [0.4, 0.5) is 5.69 Å². The van der Waals surface area contributed by atoms with E-state index in [1.54, 1.807) is 45.0 Å². The van der Waals surface area contributed by atoms with Gasteiger partial charge in [-0.05, 0) is 58.9 Å². The Hall–Kier alpha value is -2.56. The van der Waals surface area contributed by atoms with Gasteiger partial charge in [0.25, 0.3) is 5.91 Å². The Morgan fingerprint density at radius 3 is 2.13 bits per heavy atom. The third kappa shape index (κ3) is 3.80. The molecule has 5 nitrogen and oxygen atoms in total. The highest BCUT2D eigenvalue weighted by molar-refractivity contribution is 6.06. The van der Waals surface area contributed by atoms with Gasteiger partial charge in [-0.1, -0.05) is 0 Å². The summed E-state index contributed by atoms with van der Waals surface area (Å²) in [5, 5.41) is 2.81. The molecule has 1 heterocycles. The first-order valence-corrected chi connectivity index (χ1v) is 7.48. The standard InChI is InChI=1S/C18H21NO4/c1-10(2)22-18(21)14-6-8-15(9-7-14)19-17(20)16-11(3)12(4)23-13(16)5/h6-10H,1-5H3,(H,19,20). The van der Waals surface area contributed by atoms with Gasteiger partial charge < -0.3 is 14.5 Å². The number of benzene rings is 1. The molecule has 0 atom stereocenters. The van der Waals surface area contributed by atoms with Gasteiger partial charge in [-0.15, -0.1) is 0 Å². The van der Waals surface area contributed by atoms with Crippen LogP contribution in [0.1, 0.15) is 51.6 Å². The topological polar surface area (TPSA) is 68.5 Å². The maximum atomic E-state index is 12.4. The van der Waals surface area contributed by atoms with Crippen molar-refractivity contribution in [2.75, 3.05) is 5.32 Å². The second kappa shape index (κ2) is 6.69. The summed E-state index contributed by atoms with van der Waals surface area (Å²) in [5.41, 5.74) is 2.43. The van der Waals surface area contributed by atoms with Gasteiger partial charge in [0.05, 0.1) is 17.2 Å². The van der Waals surface area contributed by atoms with Crippen LogP contribution >= 0.6 is 0 Å². The third-order valence-electron chi connectivity index (χ3n) is 3.51. The van der Waals surface area contributed by atoms with Crippen molar-refractivity contribution < 1.29 is 18.7 Å². The summed E-state index contributed by atoms with van der Waals surface area (Å²) in [6.07, 6.45) is -0.169. The SMILES string of the molecule is Cc1oc(C)c(C(=O)Nc2ccc(C(=O)OC(C)C)cc2)c1C. The average molecular weight is 315 g/mol. The molecule has 0 bridgehead atoms. The average Bonchev–Trinajstić information content (AvgIpc) is 2.72. The molecule has 0 fully saturated rings. The smallest absolute Gasteiger partial charge is 0.338 e. The minimum absolute atomic E-state index is 0.169. The number of rotatable bonds is 4. The molecule has 0 spiro atoms. The normalized spacial score (nSPS) is 10.7. The Balaban J connectivity index is 2.12. The van der Waals surface area contributed by atoms with E-state index >= 15 is 0 Å². The predicted molar refractivity (Wildman–Crippen MR) is 87.9 cm³/mol. The molecule has 0 saturated carbocycles. The lowest BCUT2D eigenvalue weighted by atomic mass is 10.1. The van der Waals surface area contributed by atoms with E-state index < -0.39 is 0 Å². The number of amides is 1. The van der Waals surface area contributed by atoms with Crippen LogP contribution in [-0.4, -0.2) is 18.0 Å². The van der Waals surface area contributed by atoms with E-state index in [2.05, 4.69) is 5.32 Å². The van der Waals surface area contributed by atoms with Crippen molar-refractivity contribution in [3.05, 3.63) is 52.5 Å². The van der Waals surface area contributed by atoms with Crippen molar-refractivity contribution in [1.82, 2.24) is 0 Å². The lowest BCUT2D eigenvalue weighted by Gasteiger charge is -2.09. The van der Waals surface area contributed by atoms with E-state index in [-0.39, 0.29) is 18.0 Å². The molecule has 122 valence electrons. The number of carbonyl (C=O) groups excluding carboxylic acids is 2. The van der Waals surface area contributed by atoms with E-state index in [1.807, 2.05) is 13.8 Å². The Morgan fingerprint density at radius 1 is 1.04 bits per heavy atom. The minimum atomic E-state index is -0.380. The number of hydrogen-bond donors (Lipinski definition) is 1. The fourth-order valence-electron chi connectivity index (χ4n) is 2.29. The molecule has 2 aromatic rings. The highest BCUT2D eigenvalue weighted by Crippen LogP contribution is 2.22. The summed E-state index contributed by atoms with van der Waals surface area (Å²) in [6, 6.07) is 6.60. The number of hydrogen-bond acceptors (Lipinski definition) is 4. The molecule has 0 aliphatic carbocycles. The molecule has 2 rings (SSSR count). The van der Waals surface area contributed by atoms with E-state index in [0.29, 0.717) is 22.6 Å². The number of furan rings is 1. The summed E-state index contributed by atoms with van der Waals surface area (Å²) < 4.78 is 10.6. The van der Waals surface area contributed by atoms with Crippen LogP contribution in [0.25, 0.3) is 0 Å². The third-order valence-corrected chi connectivity index (χ3v) is 3.51. The Labute approximate surface area is 135 Å². The van der Waals surface area contributed by atoms with Crippen molar-refractivity contribution in [3.63, 3.8) is 0 Å². The van der Waals surface area contributed by atoms with Crippen LogP contribution in [0.3, 0.4) is 0 Å². The highest BCUT2D eigenvalue weighted by Gasteiger charge is 2.18. The minimum Gasteiger partial charge on any atom is -0.466 e. The summed E-state index contributed by atoms with van der Waals surface area (Å²) in [7, 11) is 0. The first-order chi connectivity index (χ1) is 10.8. The monoisotopic (exact) mass is 315 g/mol. The van der Waals surface area contributed by atoms with Crippen LogP contribution in [0.5, 0.6) is 0 Å². The molecule has 1 N–H and O–H groups in total. The maximum Gasteiger partial charge on any atom is 0.338 e. The first kappa shape index (κ1) is 16.8. The highest BCUT2D eigenvalue weighted by atomic mass is 16.5. The fourth-order valence-corrected chi connectivity index (χ4v) is 2.29. The zero-order valence-electron chi connectivity index (χ0n) is 14.0.